The summed E-state index contributed by atoms with van der Waals surface area (Å²) in [4.78, 5) is 33.9. The lowest BCUT2D eigenvalue weighted by Crippen LogP contribution is -2.31. The Bertz CT molecular complexity index is 1080. The first-order valence-electron chi connectivity index (χ1n) is 9.70. The summed E-state index contributed by atoms with van der Waals surface area (Å²) in [5, 5.41) is 4.66. The molecule has 2 amide bonds. The minimum Gasteiger partial charge on any atom is -0.318 e. The van der Waals surface area contributed by atoms with Crippen LogP contribution in [0.5, 0.6) is 0 Å². The summed E-state index contributed by atoms with van der Waals surface area (Å²) in [6, 6.07) is 5.99. The van der Waals surface area contributed by atoms with Crippen LogP contribution in [0.2, 0.25) is 0 Å². The molecule has 1 aromatic carbocycles. The number of aryl methyl sites for hydroxylation is 3. The van der Waals surface area contributed by atoms with Crippen molar-refractivity contribution in [1.29, 1.82) is 0 Å². The SMILES string of the molecule is Cc1nc(N2CCN(Cc3ccc(F)cc3)C2=O)sc1C(=O)CCc1cnn(C)c1. The molecule has 2 aromatic heterocycles. The molecule has 1 aliphatic rings. The Morgan fingerprint density at radius 2 is 1.97 bits per heavy atom. The van der Waals surface area contributed by atoms with Gasteiger partial charge in [-0.15, -0.1) is 0 Å². The van der Waals surface area contributed by atoms with Gasteiger partial charge in [-0.2, -0.15) is 5.10 Å². The van der Waals surface area contributed by atoms with E-state index in [1.54, 1.807) is 39.7 Å². The van der Waals surface area contributed by atoms with E-state index < -0.39 is 0 Å². The molecule has 0 N–H and O–H groups in total. The van der Waals surface area contributed by atoms with Crippen molar-refractivity contribution in [3.05, 3.63) is 64.2 Å². The van der Waals surface area contributed by atoms with Crippen molar-refractivity contribution in [3.8, 4) is 0 Å². The van der Waals surface area contributed by atoms with E-state index in [0.29, 0.717) is 48.2 Å². The fraction of sp³-hybridized carbons (Fsp3) is 0.333. The van der Waals surface area contributed by atoms with E-state index in [1.807, 2.05) is 13.2 Å². The molecule has 0 aliphatic carbocycles. The van der Waals surface area contributed by atoms with Gasteiger partial charge in [-0.25, -0.2) is 14.2 Å². The predicted molar refractivity (Wildman–Crippen MR) is 112 cm³/mol. The summed E-state index contributed by atoms with van der Waals surface area (Å²) < 4.78 is 14.8. The highest BCUT2D eigenvalue weighted by Crippen LogP contribution is 2.30. The molecule has 0 spiro atoms. The van der Waals surface area contributed by atoms with Crippen LogP contribution >= 0.6 is 11.3 Å². The number of halogens is 1. The maximum atomic E-state index is 13.1. The smallest absolute Gasteiger partial charge is 0.318 e. The van der Waals surface area contributed by atoms with Gasteiger partial charge < -0.3 is 4.90 Å². The number of Topliss-reactive ketones (excluding diaryl/α,β-unsaturated/α-hetero) is 1. The first kappa shape index (κ1) is 20.2. The van der Waals surface area contributed by atoms with Crippen LogP contribution in [0.1, 0.15) is 32.9 Å². The standard InChI is InChI=1S/C21H22FN5O2S/c1-14-19(18(28)8-5-16-11-23-25(2)12-16)30-20(24-14)27-10-9-26(21(27)29)13-15-3-6-17(22)7-4-15/h3-4,6-7,11-12H,5,8-10,13H2,1-2H3. The number of rotatable bonds is 7. The molecule has 0 unspecified atom stereocenters. The Labute approximate surface area is 177 Å². The van der Waals surface area contributed by atoms with E-state index in [2.05, 4.69) is 10.1 Å². The maximum absolute atomic E-state index is 13.1. The summed E-state index contributed by atoms with van der Waals surface area (Å²) in [5.41, 5.74) is 2.53. The van der Waals surface area contributed by atoms with Crippen molar-refractivity contribution in [1.82, 2.24) is 19.7 Å². The molecule has 3 heterocycles. The number of benzene rings is 1. The van der Waals surface area contributed by atoms with Crippen LogP contribution in [0.4, 0.5) is 14.3 Å². The molecule has 0 bridgehead atoms. The van der Waals surface area contributed by atoms with Gasteiger partial charge in [0.05, 0.1) is 16.8 Å². The highest BCUT2D eigenvalue weighted by Gasteiger charge is 2.32. The predicted octanol–water partition coefficient (Wildman–Crippen LogP) is 3.58. The van der Waals surface area contributed by atoms with Crippen molar-refractivity contribution in [2.75, 3.05) is 18.0 Å². The van der Waals surface area contributed by atoms with Gasteiger partial charge in [-0.3, -0.25) is 14.4 Å². The highest BCUT2D eigenvalue weighted by atomic mass is 32.1. The fourth-order valence-corrected chi connectivity index (χ4v) is 4.50. The summed E-state index contributed by atoms with van der Waals surface area (Å²) in [5.74, 6) is -0.276. The molecular formula is C21H22FN5O2S. The minimum absolute atomic E-state index is 0.0231. The van der Waals surface area contributed by atoms with Crippen LogP contribution in [0, 0.1) is 12.7 Å². The van der Waals surface area contributed by atoms with Crippen LogP contribution in [0.3, 0.4) is 0 Å². The summed E-state index contributed by atoms with van der Waals surface area (Å²) >= 11 is 1.27. The van der Waals surface area contributed by atoms with Gasteiger partial charge in [0.2, 0.25) is 0 Å². The number of anilines is 1. The number of amides is 2. The molecule has 0 atom stereocenters. The first-order valence-corrected chi connectivity index (χ1v) is 10.5. The molecule has 3 aromatic rings. The van der Waals surface area contributed by atoms with Gasteiger partial charge in [-0.05, 0) is 36.6 Å². The van der Waals surface area contributed by atoms with Crippen molar-refractivity contribution in [2.24, 2.45) is 7.05 Å². The van der Waals surface area contributed by atoms with Gasteiger partial charge >= 0.3 is 6.03 Å². The molecule has 0 saturated carbocycles. The monoisotopic (exact) mass is 427 g/mol. The van der Waals surface area contributed by atoms with Crippen molar-refractivity contribution in [3.63, 3.8) is 0 Å². The van der Waals surface area contributed by atoms with E-state index in [1.165, 1.54) is 23.5 Å². The van der Waals surface area contributed by atoms with E-state index in [9.17, 15) is 14.0 Å². The van der Waals surface area contributed by atoms with E-state index >= 15 is 0 Å². The normalized spacial score (nSPS) is 14.0. The third-order valence-electron chi connectivity index (χ3n) is 5.05. The Morgan fingerprint density at radius 1 is 1.20 bits per heavy atom. The molecule has 4 rings (SSSR count). The van der Waals surface area contributed by atoms with E-state index in [4.69, 9.17) is 0 Å². The fourth-order valence-electron chi connectivity index (χ4n) is 3.45. The van der Waals surface area contributed by atoms with Crippen LogP contribution in [0.25, 0.3) is 0 Å². The summed E-state index contributed by atoms with van der Waals surface area (Å²) in [7, 11) is 1.84. The van der Waals surface area contributed by atoms with Gasteiger partial charge in [0.25, 0.3) is 0 Å². The van der Waals surface area contributed by atoms with Crippen LogP contribution in [-0.4, -0.2) is 44.6 Å². The van der Waals surface area contributed by atoms with E-state index in [-0.39, 0.29) is 17.6 Å². The minimum atomic E-state index is -0.299. The number of thiazole rings is 1. The van der Waals surface area contributed by atoms with Gasteiger partial charge in [0, 0.05) is 39.3 Å². The molecule has 9 heteroatoms. The highest BCUT2D eigenvalue weighted by molar-refractivity contribution is 7.17. The zero-order valence-electron chi connectivity index (χ0n) is 16.8. The second-order valence-corrected chi connectivity index (χ2v) is 8.32. The lowest BCUT2D eigenvalue weighted by atomic mass is 10.1. The number of urea groups is 1. The average Bonchev–Trinajstić information content (AvgIpc) is 3.41. The maximum Gasteiger partial charge on any atom is 0.326 e. The molecular weight excluding hydrogens is 405 g/mol. The van der Waals surface area contributed by atoms with Crippen LogP contribution in [-0.2, 0) is 20.0 Å². The Hall–Kier alpha value is -3.07. The van der Waals surface area contributed by atoms with Gasteiger partial charge in [0.15, 0.2) is 10.9 Å². The Morgan fingerprint density at radius 3 is 2.67 bits per heavy atom. The number of nitrogens with zero attached hydrogens (tertiary/aromatic N) is 5. The first-order chi connectivity index (χ1) is 14.4. The lowest BCUT2D eigenvalue weighted by Gasteiger charge is -2.16. The van der Waals surface area contributed by atoms with Crippen molar-refractivity contribution >= 4 is 28.3 Å². The van der Waals surface area contributed by atoms with E-state index in [0.717, 1.165) is 11.1 Å². The second-order valence-electron chi connectivity index (χ2n) is 7.34. The summed E-state index contributed by atoms with van der Waals surface area (Å²) in [6.45, 7) is 3.28. The number of carbonyl (C=O) groups is 2. The molecule has 156 valence electrons. The average molecular weight is 428 g/mol. The number of hydrogen-bond acceptors (Lipinski definition) is 5. The number of ketones is 1. The number of carbonyl (C=O) groups excluding carboxylic acids is 2. The molecule has 1 fully saturated rings. The molecule has 0 radical (unpaired) electrons. The summed E-state index contributed by atoms with van der Waals surface area (Å²) in [6.07, 6.45) is 4.65. The molecule has 1 saturated heterocycles. The number of aromatic nitrogens is 3. The number of hydrogen-bond donors (Lipinski definition) is 0. The van der Waals surface area contributed by atoms with Crippen LogP contribution < -0.4 is 4.90 Å². The zero-order chi connectivity index (χ0) is 21.3. The Kier molecular flexibility index (Phi) is 5.63. The zero-order valence-corrected chi connectivity index (χ0v) is 17.7. The third kappa shape index (κ3) is 4.25. The quantitative estimate of drug-likeness (QED) is 0.541. The van der Waals surface area contributed by atoms with Crippen LogP contribution in [0.15, 0.2) is 36.7 Å². The lowest BCUT2D eigenvalue weighted by molar-refractivity contribution is 0.0986. The second kappa shape index (κ2) is 8.35. The molecule has 7 nitrogen and oxygen atoms in total. The third-order valence-corrected chi connectivity index (χ3v) is 6.27. The molecule has 30 heavy (non-hydrogen) atoms. The van der Waals surface area contributed by atoms with Gasteiger partial charge in [0.1, 0.15) is 5.82 Å². The van der Waals surface area contributed by atoms with Gasteiger partial charge in [-0.1, -0.05) is 23.5 Å². The Balaban J connectivity index is 1.41. The molecule has 1 aliphatic heterocycles. The topological polar surface area (TPSA) is 71.3 Å². The van der Waals surface area contributed by atoms with Crippen molar-refractivity contribution < 1.29 is 14.0 Å². The largest absolute Gasteiger partial charge is 0.326 e. The van der Waals surface area contributed by atoms with Crippen molar-refractivity contribution in [2.45, 2.75) is 26.3 Å².